The second-order valence-electron chi connectivity index (χ2n) is 7.65. The van der Waals surface area contributed by atoms with Crippen LogP contribution in [0.15, 0.2) is 29.4 Å². The molecule has 2 aliphatic heterocycles. The summed E-state index contributed by atoms with van der Waals surface area (Å²) in [6.07, 6.45) is 0.0954. The van der Waals surface area contributed by atoms with Gasteiger partial charge in [0.25, 0.3) is 5.91 Å². The minimum Gasteiger partial charge on any atom is -0.497 e. The molecule has 9 nitrogen and oxygen atoms in total. The lowest BCUT2D eigenvalue weighted by Crippen LogP contribution is -2.50. The van der Waals surface area contributed by atoms with E-state index in [-0.39, 0.29) is 17.9 Å². The number of amides is 2. The third-order valence-corrected chi connectivity index (χ3v) is 5.08. The molecule has 0 N–H and O–H groups in total. The molecule has 0 aromatic heterocycles. The van der Waals surface area contributed by atoms with Gasteiger partial charge >= 0.3 is 5.97 Å². The first-order valence-electron chi connectivity index (χ1n) is 9.10. The van der Waals surface area contributed by atoms with E-state index in [9.17, 15) is 19.2 Å². The summed E-state index contributed by atoms with van der Waals surface area (Å²) in [5.41, 5.74) is -0.650. The number of carbonyl (C=O) groups is 4. The number of Topliss-reactive ketones (excluding diaryl/α,β-unsaturated/α-hetero) is 1. The number of ketones is 1. The Balaban J connectivity index is 2.05. The molecule has 2 amide bonds. The van der Waals surface area contributed by atoms with Crippen LogP contribution in [-0.2, 0) is 23.9 Å². The standard InChI is InChI=1S/C20H23N3O6/c1-11(24)10-20(2,3)23-16-14(15(21-23)19(27)29-5)17(25)22(18(16)26)12-6-8-13(28-4)9-7-12/h6-9,14,16H,10H2,1-5H3/t14-,16+/m0/s1. The molecule has 9 heteroatoms. The number of rotatable bonds is 6. The molecular weight excluding hydrogens is 378 g/mol. The van der Waals surface area contributed by atoms with Crippen molar-refractivity contribution >= 4 is 35.0 Å². The van der Waals surface area contributed by atoms with Crippen molar-refractivity contribution in [1.29, 1.82) is 0 Å². The van der Waals surface area contributed by atoms with Crippen molar-refractivity contribution in [3.63, 3.8) is 0 Å². The first-order chi connectivity index (χ1) is 13.6. The van der Waals surface area contributed by atoms with Gasteiger partial charge in [0.1, 0.15) is 23.5 Å². The smallest absolute Gasteiger partial charge is 0.355 e. The molecule has 3 rings (SSSR count). The van der Waals surface area contributed by atoms with Crippen LogP contribution in [0.5, 0.6) is 5.75 Å². The molecule has 1 aromatic rings. The SMILES string of the molecule is COC(=O)C1=NN(C(C)(C)CC(C)=O)[C@H]2C(=O)N(c3ccc(OC)cc3)C(=O)[C@@H]12. The van der Waals surface area contributed by atoms with Gasteiger partial charge in [-0.25, -0.2) is 9.69 Å². The highest BCUT2D eigenvalue weighted by Gasteiger charge is 2.60. The third-order valence-electron chi connectivity index (χ3n) is 5.08. The highest BCUT2D eigenvalue weighted by molar-refractivity contribution is 6.46. The van der Waals surface area contributed by atoms with E-state index in [1.54, 1.807) is 38.1 Å². The zero-order valence-electron chi connectivity index (χ0n) is 17.0. The van der Waals surface area contributed by atoms with Gasteiger partial charge in [0.05, 0.1) is 25.4 Å². The number of hydrogen-bond donors (Lipinski definition) is 0. The molecule has 0 radical (unpaired) electrons. The number of esters is 1. The monoisotopic (exact) mass is 401 g/mol. The first kappa shape index (κ1) is 20.5. The highest BCUT2D eigenvalue weighted by Crippen LogP contribution is 2.40. The number of ether oxygens (including phenoxy) is 2. The predicted octanol–water partition coefficient (Wildman–Crippen LogP) is 1.16. The van der Waals surface area contributed by atoms with E-state index in [2.05, 4.69) is 5.10 Å². The van der Waals surface area contributed by atoms with Crippen molar-refractivity contribution in [3.8, 4) is 5.75 Å². The summed E-state index contributed by atoms with van der Waals surface area (Å²) in [5, 5.41) is 5.66. The Morgan fingerprint density at radius 3 is 2.24 bits per heavy atom. The van der Waals surface area contributed by atoms with E-state index in [4.69, 9.17) is 9.47 Å². The Morgan fingerprint density at radius 2 is 1.72 bits per heavy atom. The molecule has 29 heavy (non-hydrogen) atoms. The number of fused-ring (bicyclic) bond motifs is 1. The summed E-state index contributed by atoms with van der Waals surface area (Å²) in [5.74, 6) is -2.46. The van der Waals surface area contributed by atoms with Crippen molar-refractivity contribution in [2.75, 3.05) is 19.1 Å². The van der Waals surface area contributed by atoms with E-state index in [1.165, 1.54) is 26.2 Å². The van der Waals surface area contributed by atoms with Crippen molar-refractivity contribution in [2.24, 2.45) is 11.0 Å². The van der Waals surface area contributed by atoms with Crippen LogP contribution >= 0.6 is 0 Å². The van der Waals surface area contributed by atoms with Gasteiger partial charge in [0, 0.05) is 6.42 Å². The predicted molar refractivity (Wildman–Crippen MR) is 103 cm³/mol. The second-order valence-corrected chi connectivity index (χ2v) is 7.65. The fourth-order valence-electron chi connectivity index (χ4n) is 3.87. The number of nitrogens with zero attached hydrogens (tertiary/aromatic N) is 3. The van der Waals surface area contributed by atoms with Crippen LogP contribution in [0.3, 0.4) is 0 Å². The minimum atomic E-state index is -1.09. The molecule has 0 bridgehead atoms. The van der Waals surface area contributed by atoms with Gasteiger partial charge in [-0.05, 0) is 45.0 Å². The Kier molecular flexibility index (Phi) is 5.16. The molecule has 0 saturated carbocycles. The normalized spacial score (nSPS) is 21.2. The number of benzene rings is 1. The van der Waals surface area contributed by atoms with Crippen LogP contribution in [0, 0.1) is 5.92 Å². The summed E-state index contributed by atoms with van der Waals surface area (Å²) >= 11 is 0. The van der Waals surface area contributed by atoms with E-state index < -0.39 is 35.3 Å². The molecule has 154 valence electrons. The Bertz CT molecular complexity index is 905. The van der Waals surface area contributed by atoms with E-state index >= 15 is 0 Å². The van der Waals surface area contributed by atoms with Gasteiger partial charge in [0.15, 0.2) is 5.71 Å². The average Bonchev–Trinajstić information content (AvgIpc) is 3.18. The molecule has 2 atom stereocenters. The van der Waals surface area contributed by atoms with Gasteiger partial charge in [-0.3, -0.25) is 19.4 Å². The van der Waals surface area contributed by atoms with Crippen LogP contribution in [-0.4, -0.2) is 60.1 Å². The topological polar surface area (TPSA) is 106 Å². The van der Waals surface area contributed by atoms with Gasteiger partial charge < -0.3 is 9.47 Å². The van der Waals surface area contributed by atoms with Crippen LogP contribution in [0.25, 0.3) is 0 Å². The summed E-state index contributed by atoms with van der Waals surface area (Å²) in [7, 11) is 2.70. The van der Waals surface area contributed by atoms with Crippen LogP contribution in [0.2, 0.25) is 0 Å². The molecule has 1 aromatic carbocycles. The number of carbonyl (C=O) groups excluding carboxylic acids is 4. The zero-order chi connectivity index (χ0) is 21.5. The molecule has 2 aliphatic rings. The third kappa shape index (κ3) is 3.37. The summed E-state index contributed by atoms with van der Waals surface area (Å²) in [6, 6.07) is 5.44. The number of hydrazone groups is 1. The lowest BCUT2D eigenvalue weighted by atomic mass is 9.92. The van der Waals surface area contributed by atoms with E-state index in [0.29, 0.717) is 11.4 Å². The highest BCUT2D eigenvalue weighted by atomic mass is 16.5. The lowest BCUT2D eigenvalue weighted by molar-refractivity contribution is -0.133. The minimum absolute atomic E-state index is 0.0954. The molecule has 0 spiro atoms. The van der Waals surface area contributed by atoms with E-state index in [1.807, 2.05) is 0 Å². The molecule has 1 fully saturated rings. The average molecular weight is 401 g/mol. The molecule has 2 heterocycles. The summed E-state index contributed by atoms with van der Waals surface area (Å²) in [4.78, 5) is 51.5. The maximum absolute atomic E-state index is 13.3. The van der Waals surface area contributed by atoms with Gasteiger partial charge in [-0.15, -0.1) is 0 Å². The van der Waals surface area contributed by atoms with Crippen molar-refractivity contribution < 1.29 is 28.7 Å². The maximum atomic E-state index is 13.3. The fraction of sp³-hybridized carbons (Fsp3) is 0.450. The molecular formula is C20H23N3O6. The van der Waals surface area contributed by atoms with E-state index in [0.717, 1.165) is 4.90 Å². The largest absolute Gasteiger partial charge is 0.497 e. The quantitative estimate of drug-likeness (QED) is 0.520. The Morgan fingerprint density at radius 1 is 1.10 bits per heavy atom. The van der Waals surface area contributed by atoms with Crippen LogP contribution in [0.4, 0.5) is 5.69 Å². The summed E-state index contributed by atoms with van der Waals surface area (Å²) in [6.45, 7) is 4.91. The molecule has 0 unspecified atom stereocenters. The summed E-state index contributed by atoms with van der Waals surface area (Å²) < 4.78 is 9.89. The molecule has 0 aliphatic carbocycles. The number of hydrogen-bond acceptors (Lipinski definition) is 8. The first-order valence-corrected chi connectivity index (χ1v) is 9.10. The lowest BCUT2D eigenvalue weighted by Gasteiger charge is -2.36. The zero-order valence-corrected chi connectivity index (χ0v) is 17.0. The van der Waals surface area contributed by atoms with Crippen molar-refractivity contribution in [3.05, 3.63) is 24.3 Å². The fourth-order valence-corrected chi connectivity index (χ4v) is 3.87. The number of anilines is 1. The van der Waals surface area contributed by atoms with Gasteiger partial charge in [0.2, 0.25) is 5.91 Å². The van der Waals surface area contributed by atoms with Crippen LogP contribution < -0.4 is 9.64 Å². The number of imide groups is 1. The van der Waals surface area contributed by atoms with Crippen molar-refractivity contribution in [1.82, 2.24) is 5.01 Å². The van der Waals surface area contributed by atoms with Crippen LogP contribution in [0.1, 0.15) is 27.2 Å². The van der Waals surface area contributed by atoms with Gasteiger partial charge in [-0.1, -0.05) is 0 Å². The molecule has 1 saturated heterocycles. The Labute approximate surface area is 168 Å². The Hall–Kier alpha value is -3.23. The maximum Gasteiger partial charge on any atom is 0.355 e. The number of methoxy groups -OCH3 is 2. The van der Waals surface area contributed by atoms with Crippen molar-refractivity contribution in [2.45, 2.75) is 38.8 Å². The second kappa shape index (κ2) is 7.31. The van der Waals surface area contributed by atoms with Gasteiger partial charge in [-0.2, -0.15) is 5.10 Å².